The molecule has 0 saturated heterocycles. The average molecular weight is 430 g/mol. The number of fused-ring (bicyclic) bond motifs is 1. The predicted octanol–water partition coefficient (Wildman–Crippen LogP) is 5.68. The van der Waals surface area contributed by atoms with Crippen LogP contribution >= 0.6 is 34.5 Å². The highest BCUT2D eigenvalue weighted by molar-refractivity contribution is 7.21. The number of halogens is 2. The van der Waals surface area contributed by atoms with E-state index in [1.54, 1.807) is 24.4 Å². The number of pyridine rings is 1. The van der Waals surface area contributed by atoms with Crippen LogP contribution < -0.4 is 10.1 Å². The number of hydrogen-bond donors (Lipinski definition) is 1. The highest BCUT2D eigenvalue weighted by Gasteiger charge is 2.09. The summed E-state index contributed by atoms with van der Waals surface area (Å²) in [6, 6.07) is 16.1. The number of amides is 1. The number of anilines is 1. The minimum Gasteiger partial charge on any atom is -0.482 e. The predicted molar refractivity (Wildman–Crippen MR) is 113 cm³/mol. The molecule has 0 fully saturated rings. The van der Waals surface area contributed by atoms with Gasteiger partial charge in [0.15, 0.2) is 6.61 Å². The van der Waals surface area contributed by atoms with Crippen molar-refractivity contribution in [1.29, 1.82) is 0 Å². The number of carbonyl (C=O) groups excluding carboxylic acids is 1. The molecule has 4 rings (SSSR count). The highest BCUT2D eigenvalue weighted by atomic mass is 35.5. The summed E-state index contributed by atoms with van der Waals surface area (Å²) in [7, 11) is 0. The smallest absolute Gasteiger partial charge is 0.262 e. The van der Waals surface area contributed by atoms with E-state index in [0.29, 0.717) is 21.5 Å². The Morgan fingerprint density at radius 3 is 2.68 bits per heavy atom. The molecule has 8 heteroatoms. The van der Waals surface area contributed by atoms with E-state index < -0.39 is 0 Å². The quantitative estimate of drug-likeness (QED) is 0.442. The molecule has 28 heavy (non-hydrogen) atoms. The fraction of sp³-hybridized carbons (Fsp3) is 0.0500. The standard InChI is InChI=1S/C20H13Cl2N3O2S/c21-13-5-8-17(15(22)10-13)27-11-18(26)24-14-6-3-12(4-7-14)19-25-16-2-1-9-23-20(16)28-19/h1-10H,11H2,(H,24,26). The molecule has 0 spiro atoms. The van der Waals surface area contributed by atoms with Gasteiger partial charge in [0.1, 0.15) is 21.1 Å². The van der Waals surface area contributed by atoms with Crippen molar-refractivity contribution in [3.05, 3.63) is 70.8 Å². The van der Waals surface area contributed by atoms with E-state index in [-0.39, 0.29) is 12.5 Å². The van der Waals surface area contributed by atoms with Crippen molar-refractivity contribution >= 4 is 56.5 Å². The lowest BCUT2D eigenvalue weighted by Gasteiger charge is -2.09. The Bertz CT molecular complexity index is 1110. The third-order valence-electron chi connectivity index (χ3n) is 3.83. The molecule has 1 N–H and O–H groups in total. The number of thiazole rings is 1. The zero-order valence-corrected chi connectivity index (χ0v) is 16.7. The van der Waals surface area contributed by atoms with Crippen LogP contribution in [0.1, 0.15) is 0 Å². The van der Waals surface area contributed by atoms with Crippen LogP contribution in [0.4, 0.5) is 5.69 Å². The molecule has 0 unspecified atom stereocenters. The topological polar surface area (TPSA) is 64.1 Å². The second-order valence-corrected chi connectivity index (χ2v) is 7.66. The first-order chi connectivity index (χ1) is 13.6. The van der Waals surface area contributed by atoms with Crippen LogP contribution in [-0.2, 0) is 4.79 Å². The van der Waals surface area contributed by atoms with Gasteiger partial charge in [-0.2, -0.15) is 0 Å². The van der Waals surface area contributed by atoms with E-state index in [9.17, 15) is 4.79 Å². The van der Waals surface area contributed by atoms with Gasteiger partial charge in [0.25, 0.3) is 5.91 Å². The summed E-state index contributed by atoms with van der Waals surface area (Å²) >= 11 is 13.4. The van der Waals surface area contributed by atoms with Gasteiger partial charge in [-0.1, -0.05) is 34.5 Å². The maximum absolute atomic E-state index is 12.1. The Labute approximate surface area is 174 Å². The number of nitrogens with zero attached hydrogens (tertiary/aromatic N) is 2. The van der Waals surface area contributed by atoms with Crippen molar-refractivity contribution in [1.82, 2.24) is 9.97 Å². The van der Waals surface area contributed by atoms with Crippen molar-refractivity contribution in [2.45, 2.75) is 0 Å². The van der Waals surface area contributed by atoms with Crippen LogP contribution in [-0.4, -0.2) is 22.5 Å². The average Bonchev–Trinajstić information content (AvgIpc) is 3.12. The number of nitrogens with one attached hydrogen (secondary N) is 1. The van der Waals surface area contributed by atoms with Gasteiger partial charge in [-0.3, -0.25) is 4.79 Å². The number of carbonyl (C=O) groups is 1. The Morgan fingerprint density at radius 2 is 1.93 bits per heavy atom. The highest BCUT2D eigenvalue weighted by Crippen LogP contribution is 2.30. The Morgan fingerprint density at radius 1 is 1.11 bits per heavy atom. The van der Waals surface area contributed by atoms with E-state index in [0.717, 1.165) is 20.9 Å². The van der Waals surface area contributed by atoms with Crippen molar-refractivity contribution in [2.24, 2.45) is 0 Å². The first-order valence-corrected chi connectivity index (χ1v) is 9.85. The Balaban J connectivity index is 1.39. The molecule has 0 aliphatic heterocycles. The molecule has 0 saturated carbocycles. The van der Waals surface area contributed by atoms with E-state index in [4.69, 9.17) is 27.9 Å². The number of aromatic nitrogens is 2. The van der Waals surface area contributed by atoms with Crippen molar-refractivity contribution < 1.29 is 9.53 Å². The van der Waals surface area contributed by atoms with Crippen LogP contribution in [0.15, 0.2) is 60.8 Å². The lowest BCUT2D eigenvalue weighted by atomic mass is 10.2. The second-order valence-electron chi connectivity index (χ2n) is 5.84. The third kappa shape index (κ3) is 4.25. The van der Waals surface area contributed by atoms with Crippen molar-refractivity contribution in [2.75, 3.05) is 11.9 Å². The van der Waals surface area contributed by atoms with Crippen LogP contribution in [0.3, 0.4) is 0 Å². The molecule has 4 aromatic rings. The second kappa shape index (κ2) is 8.14. The first kappa shape index (κ1) is 18.7. The third-order valence-corrected chi connectivity index (χ3v) is 5.39. The molecular formula is C20H13Cl2N3O2S. The first-order valence-electron chi connectivity index (χ1n) is 8.28. The van der Waals surface area contributed by atoms with Crippen LogP contribution in [0.25, 0.3) is 20.9 Å². The molecule has 1 amide bonds. The molecule has 2 aromatic heterocycles. The largest absolute Gasteiger partial charge is 0.482 e. The number of ether oxygens (including phenoxy) is 1. The zero-order valence-electron chi connectivity index (χ0n) is 14.4. The molecule has 0 bridgehead atoms. The van der Waals surface area contributed by atoms with Gasteiger partial charge < -0.3 is 10.1 Å². The molecule has 0 aliphatic carbocycles. The van der Waals surface area contributed by atoms with Gasteiger partial charge in [-0.15, -0.1) is 0 Å². The van der Waals surface area contributed by atoms with Crippen molar-refractivity contribution in [3.8, 4) is 16.3 Å². The Kier molecular flexibility index (Phi) is 5.43. The van der Waals surface area contributed by atoms with Gasteiger partial charge >= 0.3 is 0 Å². The maximum atomic E-state index is 12.1. The fourth-order valence-electron chi connectivity index (χ4n) is 2.52. The number of benzene rings is 2. The summed E-state index contributed by atoms with van der Waals surface area (Å²) in [5.74, 6) is 0.115. The molecular weight excluding hydrogens is 417 g/mol. The normalized spacial score (nSPS) is 10.8. The summed E-state index contributed by atoms with van der Waals surface area (Å²) in [5.41, 5.74) is 2.50. The molecule has 2 heterocycles. The SMILES string of the molecule is O=C(COc1ccc(Cl)cc1Cl)Nc1ccc(-c2nc3cccnc3s2)cc1. The van der Waals surface area contributed by atoms with Gasteiger partial charge in [0.05, 0.1) is 5.02 Å². The van der Waals surface area contributed by atoms with E-state index >= 15 is 0 Å². The zero-order chi connectivity index (χ0) is 19.5. The molecule has 0 aliphatic rings. The van der Waals surface area contributed by atoms with Gasteiger partial charge in [0, 0.05) is 22.5 Å². The summed E-state index contributed by atoms with van der Waals surface area (Å²) < 4.78 is 5.43. The molecule has 0 radical (unpaired) electrons. The van der Waals surface area contributed by atoms with Crippen LogP contribution in [0.2, 0.25) is 10.0 Å². The lowest BCUT2D eigenvalue weighted by Crippen LogP contribution is -2.20. The lowest BCUT2D eigenvalue weighted by molar-refractivity contribution is -0.118. The number of rotatable bonds is 5. The minimum absolute atomic E-state index is 0.160. The Hall–Kier alpha value is -2.67. The van der Waals surface area contributed by atoms with Gasteiger partial charge in [0.2, 0.25) is 0 Å². The molecule has 2 aromatic carbocycles. The monoisotopic (exact) mass is 429 g/mol. The summed E-state index contributed by atoms with van der Waals surface area (Å²) in [4.78, 5) is 21.9. The van der Waals surface area contributed by atoms with E-state index in [2.05, 4.69) is 15.3 Å². The molecule has 0 atom stereocenters. The minimum atomic E-state index is -0.289. The van der Waals surface area contributed by atoms with E-state index in [1.165, 1.54) is 11.3 Å². The van der Waals surface area contributed by atoms with Crippen molar-refractivity contribution in [3.63, 3.8) is 0 Å². The summed E-state index contributed by atoms with van der Waals surface area (Å²) in [6.45, 7) is -0.160. The van der Waals surface area contributed by atoms with Crippen LogP contribution in [0.5, 0.6) is 5.75 Å². The fourth-order valence-corrected chi connectivity index (χ4v) is 3.90. The molecule has 5 nitrogen and oxygen atoms in total. The van der Waals surface area contributed by atoms with E-state index in [1.807, 2.05) is 36.4 Å². The summed E-state index contributed by atoms with van der Waals surface area (Å²) in [6.07, 6.45) is 1.75. The van der Waals surface area contributed by atoms with Gasteiger partial charge in [-0.25, -0.2) is 9.97 Å². The molecule has 140 valence electrons. The summed E-state index contributed by atoms with van der Waals surface area (Å²) in [5, 5.41) is 4.53. The van der Waals surface area contributed by atoms with Gasteiger partial charge in [-0.05, 0) is 54.6 Å². The number of hydrogen-bond acceptors (Lipinski definition) is 5. The maximum Gasteiger partial charge on any atom is 0.262 e. The van der Waals surface area contributed by atoms with Crippen LogP contribution in [0, 0.1) is 0 Å².